The Hall–Kier alpha value is -3.14. The van der Waals surface area contributed by atoms with Crippen LogP contribution in [0.2, 0.25) is 0 Å². The van der Waals surface area contributed by atoms with Crippen molar-refractivity contribution in [1.82, 2.24) is 25.0 Å². The third-order valence-electron chi connectivity index (χ3n) is 3.32. The Balaban J connectivity index is 1.64. The largest absolute Gasteiger partial charge is 0.462 e. The minimum atomic E-state index is -0.443. The number of pyridine rings is 1. The van der Waals surface area contributed by atoms with Gasteiger partial charge in [0.1, 0.15) is 17.1 Å². The molecule has 3 rings (SSSR count). The van der Waals surface area contributed by atoms with Crippen LogP contribution in [0, 0.1) is 6.92 Å². The van der Waals surface area contributed by atoms with E-state index in [0.717, 1.165) is 16.9 Å². The van der Waals surface area contributed by atoms with Gasteiger partial charge in [-0.3, -0.25) is 9.78 Å². The lowest BCUT2D eigenvalue weighted by Gasteiger charge is -2.00. The predicted octanol–water partition coefficient (Wildman–Crippen LogP) is 1.92. The van der Waals surface area contributed by atoms with Gasteiger partial charge in [0.25, 0.3) is 0 Å². The van der Waals surface area contributed by atoms with Crippen LogP contribution in [-0.4, -0.2) is 43.4 Å². The number of anilines is 1. The molecule has 134 valence electrons. The number of thiazole rings is 1. The molecule has 3 heterocycles. The predicted molar refractivity (Wildman–Crippen MR) is 94.7 cm³/mol. The maximum Gasteiger partial charge on any atom is 0.350 e. The highest BCUT2D eigenvalue weighted by atomic mass is 32.1. The lowest BCUT2D eigenvalue weighted by atomic mass is 10.2. The van der Waals surface area contributed by atoms with Crippen LogP contribution in [0.1, 0.15) is 22.3 Å². The Morgan fingerprint density at radius 3 is 2.81 bits per heavy atom. The Bertz CT molecular complexity index is 921. The van der Waals surface area contributed by atoms with E-state index >= 15 is 0 Å². The number of aryl methyl sites for hydroxylation is 1. The fraction of sp³-hybridized carbons (Fsp3) is 0.250. The van der Waals surface area contributed by atoms with E-state index in [4.69, 9.17) is 4.74 Å². The minimum absolute atomic E-state index is 0.0224. The molecule has 10 heteroatoms. The van der Waals surface area contributed by atoms with E-state index in [-0.39, 0.29) is 19.1 Å². The molecule has 0 atom stereocenters. The van der Waals surface area contributed by atoms with Gasteiger partial charge in [0.15, 0.2) is 5.13 Å². The first-order valence-corrected chi connectivity index (χ1v) is 8.63. The molecule has 0 spiro atoms. The van der Waals surface area contributed by atoms with Gasteiger partial charge < -0.3 is 10.1 Å². The highest BCUT2D eigenvalue weighted by Crippen LogP contribution is 2.23. The third-order valence-corrected chi connectivity index (χ3v) is 4.38. The van der Waals surface area contributed by atoms with Gasteiger partial charge in [-0.2, -0.15) is 0 Å². The number of ether oxygens (including phenoxy) is 1. The van der Waals surface area contributed by atoms with Crippen LogP contribution in [-0.2, 0) is 16.1 Å². The Morgan fingerprint density at radius 2 is 2.08 bits per heavy atom. The molecular formula is C16H16N6O3S. The summed E-state index contributed by atoms with van der Waals surface area (Å²) >= 11 is 1.08. The average Bonchev–Trinajstić information content (AvgIpc) is 3.22. The zero-order valence-corrected chi connectivity index (χ0v) is 15.0. The summed E-state index contributed by atoms with van der Waals surface area (Å²) < 4.78 is 6.39. The quantitative estimate of drug-likeness (QED) is 0.658. The molecule has 1 amide bonds. The fourth-order valence-electron chi connectivity index (χ4n) is 2.17. The second kappa shape index (κ2) is 7.83. The molecule has 0 radical (unpaired) electrons. The van der Waals surface area contributed by atoms with Crippen molar-refractivity contribution in [3.05, 3.63) is 41.3 Å². The van der Waals surface area contributed by atoms with Gasteiger partial charge in [-0.15, -0.1) is 5.10 Å². The maximum absolute atomic E-state index is 12.2. The van der Waals surface area contributed by atoms with E-state index in [1.807, 2.05) is 12.1 Å². The van der Waals surface area contributed by atoms with Gasteiger partial charge in [-0.05, 0) is 26.0 Å². The van der Waals surface area contributed by atoms with Crippen molar-refractivity contribution in [3.8, 4) is 11.3 Å². The molecule has 0 bridgehead atoms. The molecule has 0 aromatic carbocycles. The summed E-state index contributed by atoms with van der Waals surface area (Å²) in [4.78, 5) is 32.5. The Labute approximate surface area is 153 Å². The number of nitrogens with zero attached hydrogens (tertiary/aromatic N) is 5. The normalized spacial score (nSPS) is 10.5. The summed E-state index contributed by atoms with van der Waals surface area (Å²) in [5.41, 5.74) is 2.03. The number of aromatic nitrogens is 5. The maximum atomic E-state index is 12.2. The van der Waals surface area contributed by atoms with Gasteiger partial charge in [0.05, 0.1) is 18.5 Å². The Morgan fingerprint density at radius 1 is 1.31 bits per heavy atom. The lowest BCUT2D eigenvalue weighted by Crippen LogP contribution is -2.19. The summed E-state index contributed by atoms with van der Waals surface area (Å²) in [6.45, 7) is 3.68. The molecule has 9 nitrogen and oxygen atoms in total. The number of carbonyl (C=O) groups excluding carboxylic acids is 2. The second-order valence-electron chi connectivity index (χ2n) is 5.24. The summed E-state index contributed by atoms with van der Waals surface area (Å²) in [7, 11) is 0. The first-order valence-electron chi connectivity index (χ1n) is 7.81. The molecule has 0 aliphatic rings. The van der Waals surface area contributed by atoms with E-state index in [9.17, 15) is 9.59 Å². The third kappa shape index (κ3) is 4.09. The molecule has 0 saturated carbocycles. The van der Waals surface area contributed by atoms with Crippen molar-refractivity contribution >= 4 is 28.3 Å². The summed E-state index contributed by atoms with van der Waals surface area (Å²) in [5, 5.41) is 11.0. The van der Waals surface area contributed by atoms with Crippen LogP contribution in [0.3, 0.4) is 0 Å². The van der Waals surface area contributed by atoms with Crippen LogP contribution in [0.15, 0.2) is 30.7 Å². The molecule has 0 saturated heterocycles. The SMILES string of the molecule is CCOC(=O)c1sc(NC(=O)Cn2cc(-c3ccncc3)nn2)nc1C. The molecule has 0 unspecified atom stereocenters. The lowest BCUT2D eigenvalue weighted by molar-refractivity contribution is -0.116. The number of esters is 1. The monoisotopic (exact) mass is 372 g/mol. The fourth-order valence-corrected chi connectivity index (χ4v) is 3.05. The van der Waals surface area contributed by atoms with E-state index < -0.39 is 5.97 Å². The standard InChI is InChI=1S/C16H16N6O3S/c1-3-25-15(24)14-10(2)18-16(26-14)19-13(23)9-22-8-12(20-21-22)11-4-6-17-7-5-11/h4-8H,3,9H2,1-2H3,(H,18,19,23). The molecule has 0 aliphatic heterocycles. The summed E-state index contributed by atoms with van der Waals surface area (Å²) in [6, 6.07) is 3.62. The molecular weight excluding hydrogens is 356 g/mol. The van der Waals surface area contributed by atoms with E-state index in [1.165, 1.54) is 4.68 Å². The topological polar surface area (TPSA) is 112 Å². The highest BCUT2D eigenvalue weighted by Gasteiger charge is 2.17. The number of carbonyl (C=O) groups is 2. The van der Waals surface area contributed by atoms with Crippen LogP contribution >= 0.6 is 11.3 Å². The molecule has 3 aromatic heterocycles. The van der Waals surface area contributed by atoms with Crippen LogP contribution in [0.4, 0.5) is 5.13 Å². The zero-order valence-electron chi connectivity index (χ0n) is 14.2. The summed E-state index contributed by atoms with van der Waals surface area (Å²) in [6.07, 6.45) is 4.99. The van der Waals surface area contributed by atoms with Crippen molar-refractivity contribution in [2.75, 3.05) is 11.9 Å². The van der Waals surface area contributed by atoms with Crippen molar-refractivity contribution in [2.45, 2.75) is 20.4 Å². The molecule has 0 aliphatic carbocycles. The second-order valence-corrected chi connectivity index (χ2v) is 6.24. The number of hydrogen-bond acceptors (Lipinski definition) is 8. The molecule has 3 aromatic rings. The number of hydrogen-bond donors (Lipinski definition) is 1. The van der Waals surface area contributed by atoms with Gasteiger partial charge in [0, 0.05) is 18.0 Å². The first-order chi connectivity index (χ1) is 12.6. The van der Waals surface area contributed by atoms with Crippen molar-refractivity contribution < 1.29 is 14.3 Å². The average molecular weight is 372 g/mol. The Kier molecular flexibility index (Phi) is 5.32. The smallest absolute Gasteiger partial charge is 0.350 e. The number of amides is 1. The number of rotatable bonds is 6. The highest BCUT2D eigenvalue weighted by molar-refractivity contribution is 7.17. The van der Waals surface area contributed by atoms with Gasteiger partial charge in [-0.25, -0.2) is 14.5 Å². The van der Waals surface area contributed by atoms with Crippen molar-refractivity contribution in [3.63, 3.8) is 0 Å². The minimum Gasteiger partial charge on any atom is -0.462 e. The van der Waals surface area contributed by atoms with Gasteiger partial charge in [-0.1, -0.05) is 16.6 Å². The molecule has 26 heavy (non-hydrogen) atoms. The van der Waals surface area contributed by atoms with Crippen LogP contribution in [0.25, 0.3) is 11.3 Å². The van der Waals surface area contributed by atoms with Crippen molar-refractivity contribution in [2.24, 2.45) is 0 Å². The van der Waals surface area contributed by atoms with Crippen molar-refractivity contribution in [1.29, 1.82) is 0 Å². The van der Waals surface area contributed by atoms with Gasteiger partial charge >= 0.3 is 5.97 Å². The molecule has 0 fully saturated rings. The van der Waals surface area contributed by atoms with Crippen LogP contribution < -0.4 is 5.32 Å². The van der Waals surface area contributed by atoms with E-state index in [1.54, 1.807) is 32.4 Å². The van der Waals surface area contributed by atoms with Crippen LogP contribution in [0.5, 0.6) is 0 Å². The summed E-state index contributed by atoms with van der Waals surface area (Å²) in [5.74, 6) is -0.762. The first kappa shape index (κ1) is 17.7. The molecule has 1 N–H and O–H groups in total. The number of nitrogens with one attached hydrogen (secondary N) is 1. The van der Waals surface area contributed by atoms with Gasteiger partial charge in [0.2, 0.25) is 5.91 Å². The van der Waals surface area contributed by atoms with E-state index in [2.05, 4.69) is 25.6 Å². The van der Waals surface area contributed by atoms with E-state index in [0.29, 0.717) is 21.4 Å². The zero-order chi connectivity index (χ0) is 18.5.